The zero-order valence-electron chi connectivity index (χ0n) is 12.6. The number of furan rings is 1. The summed E-state index contributed by atoms with van der Waals surface area (Å²) in [6.45, 7) is 3.23. The number of likely N-dealkylation sites (tertiary alicyclic amines) is 1. The van der Waals surface area contributed by atoms with Gasteiger partial charge in [-0.1, -0.05) is 37.3 Å². The van der Waals surface area contributed by atoms with E-state index in [9.17, 15) is 0 Å². The van der Waals surface area contributed by atoms with Crippen LogP contribution in [0.25, 0.3) is 0 Å². The minimum atomic E-state index is 0.0977. The molecule has 0 aliphatic carbocycles. The van der Waals surface area contributed by atoms with Crippen molar-refractivity contribution < 1.29 is 4.42 Å². The zero-order valence-corrected chi connectivity index (χ0v) is 12.6. The van der Waals surface area contributed by atoms with E-state index in [1.165, 1.54) is 18.4 Å². The van der Waals surface area contributed by atoms with Crippen LogP contribution in [0.15, 0.2) is 53.1 Å². The van der Waals surface area contributed by atoms with Crippen LogP contribution >= 0.6 is 0 Å². The smallest absolute Gasteiger partial charge is 0.122 e. The Hall–Kier alpha value is -1.58. The lowest BCUT2D eigenvalue weighted by Gasteiger charge is -2.35. The van der Waals surface area contributed by atoms with Gasteiger partial charge in [-0.2, -0.15) is 0 Å². The molecule has 1 aliphatic heterocycles. The van der Waals surface area contributed by atoms with Crippen molar-refractivity contribution in [2.45, 2.75) is 44.3 Å². The second-order valence-electron chi connectivity index (χ2n) is 5.84. The van der Waals surface area contributed by atoms with Crippen LogP contribution in [0.3, 0.4) is 0 Å². The Morgan fingerprint density at radius 1 is 1.24 bits per heavy atom. The predicted octanol–water partition coefficient (Wildman–Crippen LogP) is 3.90. The molecule has 1 aliphatic rings. The van der Waals surface area contributed by atoms with Crippen LogP contribution in [0.2, 0.25) is 0 Å². The van der Waals surface area contributed by atoms with Crippen molar-refractivity contribution in [2.75, 3.05) is 6.54 Å². The Balaban J connectivity index is 1.91. The minimum Gasteiger partial charge on any atom is -0.468 e. The molecule has 2 heterocycles. The van der Waals surface area contributed by atoms with Crippen LogP contribution in [0.4, 0.5) is 0 Å². The largest absolute Gasteiger partial charge is 0.468 e. The molecule has 3 nitrogen and oxygen atoms in total. The van der Waals surface area contributed by atoms with Gasteiger partial charge in [0, 0.05) is 12.1 Å². The Bertz CT molecular complexity index is 538. The average molecular weight is 284 g/mol. The van der Waals surface area contributed by atoms with Crippen molar-refractivity contribution in [3.05, 3.63) is 60.1 Å². The summed E-state index contributed by atoms with van der Waals surface area (Å²) in [4.78, 5) is 2.53. The molecule has 2 aromatic rings. The predicted molar refractivity (Wildman–Crippen MR) is 84.8 cm³/mol. The van der Waals surface area contributed by atoms with Gasteiger partial charge in [0.15, 0.2) is 0 Å². The zero-order chi connectivity index (χ0) is 14.7. The lowest BCUT2D eigenvalue weighted by Crippen LogP contribution is -2.40. The monoisotopic (exact) mass is 284 g/mol. The number of nitrogens with zero attached hydrogens (tertiary/aromatic N) is 1. The molecule has 21 heavy (non-hydrogen) atoms. The van der Waals surface area contributed by atoms with Crippen molar-refractivity contribution in [2.24, 2.45) is 5.73 Å². The van der Waals surface area contributed by atoms with Crippen molar-refractivity contribution in [3.63, 3.8) is 0 Å². The molecule has 3 heteroatoms. The summed E-state index contributed by atoms with van der Waals surface area (Å²) >= 11 is 0. The van der Waals surface area contributed by atoms with Gasteiger partial charge in [-0.05, 0) is 43.5 Å². The maximum Gasteiger partial charge on any atom is 0.122 e. The third-order valence-electron chi connectivity index (χ3n) is 4.55. The van der Waals surface area contributed by atoms with Crippen molar-refractivity contribution >= 4 is 0 Å². The van der Waals surface area contributed by atoms with Gasteiger partial charge >= 0.3 is 0 Å². The van der Waals surface area contributed by atoms with E-state index in [4.69, 9.17) is 10.2 Å². The lowest BCUT2D eigenvalue weighted by molar-refractivity contribution is 0.134. The number of hydrogen-bond donors (Lipinski definition) is 1. The fourth-order valence-corrected chi connectivity index (χ4v) is 3.46. The molecule has 2 N–H and O–H groups in total. The molecule has 3 rings (SSSR count). The molecule has 0 amide bonds. The van der Waals surface area contributed by atoms with Gasteiger partial charge in [0.25, 0.3) is 0 Å². The summed E-state index contributed by atoms with van der Waals surface area (Å²) in [5.74, 6) is 0.993. The van der Waals surface area contributed by atoms with E-state index in [0.29, 0.717) is 6.04 Å². The van der Waals surface area contributed by atoms with E-state index < -0.39 is 0 Å². The van der Waals surface area contributed by atoms with Gasteiger partial charge in [0.2, 0.25) is 0 Å². The van der Waals surface area contributed by atoms with E-state index in [2.05, 4.69) is 48.2 Å². The maximum absolute atomic E-state index is 6.43. The molecule has 1 aromatic carbocycles. The normalized spacial score (nSPS) is 22.3. The molecular formula is C18H24N2O. The summed E-state index contributed by atoms with van der Waals surface area (Å²) in [7, 11) is 0. The quantitative estimate of drug-likeness (QED) is 0.905. The first kappa shape index (κ1) is 14.4. The third-order valence-corrected chi connectivity index (χ3v) is 4.55. The van der Waals surface area contributed by atoms with E-state index >= 15 is 0 Å². The molecule has 1 fully saturated rings. The molecule has 112 valence electrons. The summed E-state index contributed by atoms with van der Waals surface area (Å²) in [6.07, 6.45) is 5.10. The van der Waals surface area contributed by atoms with Crippen LogP contribution in [0.1, 0.15) is 49.6 Å². The Morgan fingerprint density at radius 3 is 2.71 bits per heavy atom. The van der Waals surface area contributed by atoms with E-state index in [1.807, 2.05) is 6.07 Å². The maximum atomic E-state index is 6.43. The molecule has 0 saturated carbocycles. The first-order chi connectivity index (χ1) is 10.3. The molecule has 3 atom stereocenters. The van der Waals surface area contributed by atoms with Crippen molar-refractivity contribution in [1.82, 2.24) is 4.90 Å². The summed E-state index contributed by atoms with van der Waals surface area (Å²) in [5, 5.41) is 0. The highest BCUT2D eigenvalue weighted by atomic mass is 16.3. The Kier molecular flexibility index (Phi) is 4.42. The van der Waals surface area contributed by atoms with E-state index in [1.54, 1.807) is 6.26 Å². The number of rotatable bonds is 5. The highest BCUT2D eigenvalue weighted by Crippen LogP contribution is 2.40. The minimum absolute atomic E-state index is 0.0977. The van der Waals surface area contributed by atoms with Crippen LogP contribution in [-0.4, -0.2) is 17.5 Å². The summed E-state index contributed by atoms with van der Waals surface area (Å²) in [6, 6.07) is 15.5. The van der Waals surface area contributed by atoms with Crippen LogP contribution in [0.5, 0.6) is 0 Å². The molecule has 3 unspecified atom stereocenters. The van der Waals surface area contributed by atoms with Gasteiger partial charge in [-0.15, -0.1) is 0 Å². The van der Waals surface area contributed by atoms with Gasteiger partial charge in [-0.3, -0.25) is 4.90 Å². The average Bonchev–Trinajstić information content (AvgIpc) is 3.20. The standard InChI is InChI=1S/C18H24N2O/c1-2-15(19)18(17-11-7-13-21-17)20-12-6-10-16(20)14-8-4-3-5-9-14/h3-5,7-9,11,13,15-16,18H,2,6,10,12,19H2,1H3. The highest BCUT2D eigenvalue weighted by Gasteiger charge is 2.36. The van der Waals surface area contributed by atoms with Crippen LogP contribution in [0, 0.1) is 0 Å². The third kappa shape index (κ3) is 2.89. The van der Waals surface area contributed by atoms with Crippen molar-refractivity contribution in [3.8, 4) is 0 Å². The number of hydrogen-bond acceptors (Lipinski definition) is 3. The number of nitrogens with two attached hydrogens (primary N) is 1. The Labute approximate surface area is 126 Å². The number of benzene rings is 1. The molecule has 1 saturated heterocycles. The Morgan fingerprint density at radius 2 is 2.05 bits per heavy atom. The van der Waals surface area contributed by atoms with Gasteiger partial charge < -0.3 is 10.2 Å². The van der Waals surface area contributed by atoms with E-state index in [0.717, 1.165) is 18.7 Å². The molecule has 1 aromatic heterocycles. The van der Waals surface area contributed by atoms with Gasteiger partial charge in [0.1, 0.15) is 5.76 Å². The highest BCUT2D eigenvalue weighted by molar-refractivity contribution is 5.21. The van der Waals surface area contributed by atoms with Crippen molar-refractivity contribution in [1.29, 1.82) is 0 Å². The summed E-state index contributed by atoms with van der Waals surface area (Å²) < 4.78 is 5.69. The second-order valence-corrected chi connectivity index (χ2v) is 5.84. The topological polar surface area (TPSA) is 42.4 Å². The molecular weight excluding hydrogens is 260 g/mol. The summed E-state index contributed by atoms with van der Waals surface area (Å²) in [5.41, 5.74) is 7.81. The molecule has 0 radical (unpaired) electrons. The molecule has 0 bridgehead atoms. The van der Waals surface area contributed by atoms with Crippen LogP contribution in [-0.2, 0) is 0 Å². The fourth-order valence-electron chi connectivity index (χ4n) is 3.46. The second kappa shape index (κ2) is 6.46. The SMILES string of the molecule is CCC(N)C(c1ccco1)N1CCCC1c1ccccc1. The first-order valence-corrected chi connectivity index (χ1v) is 7.91. The van der Waals surface area contributed by atoms with Gasteiger partial charge in [-0.25, -0.2) is 0 Å². The first-order valence-electron chi connectivity index (χ1n) is 7.91. The van der Waals surface area contributed by atoms with Crippen LogP contribution < -0.4 is 5.73 Å². The van der Waals surface area contributed by atoms with E-state index in [-0.39, 0.29) is 12.1 Å². The van der Waals surface area contributed by atoms with Gasteiger partial charge in [0.05, 0.1) is 12.3 Å². The fraction of sp³-hybridized carbons (Fsp3) is 0.444. The molecule has 0 spiro atoms. The lowest BCUT2D eigenvalue weighted by atomic mass is 9.98.